The van der Waals surface area contributed by atoms with Crippen LogP contribution in [0.25, 0.3) is 10.9 Å². The number of nitrogens with zero attached hydrogens (tertiary/aromatic N) is 3. The molecule has 3 rings (SSSR count). The second-order valence-corrected chi connectivity index (χ2v) is 5.46. The highest BCUT2D eigenvalue weighted by Gasteiger charge is 2.16. The van der Waals surface area contributed by atoms with E-state index in [1.165, 1.54) is 7.11 Å². The molecule has 1 aromatic carbocycles. The van der Waals surface area contributed by atoms with Gasteiger partial charge in [-0.1, -0.05) is 12.1 Å². The van der Waals surface area contributed by atoms with E-state index in [1.807, 2.05) is 18.0 Å². The first-order valence-corrected chi connectivity index (χ1v) is 7.35. The number of methoxy groups -OCH3 is 1. The van der Waals surface area contributed by atoms with Crippen LogP contribution in [-0.4, -0.2) is 45.2 Å². The Bertz CT molecular complexity index is 931. The van der Waals surface area contributed by atoms with E-state index < -0.39 is 5.97 Å². The molecule has 24 heavy (non-hydrogen) atoms. The number of aromatic nitrogens is 4. The third-order valence-corrected chi connectivity index (χ3v) is 3.63. The monoisotopic (exact) mass is 327 g/mol. The first kappa shape index (κ1) is 15.9. The molecule has 2 N–H and O–H groups in total. The van der Waals surface area contributed by atoms with Gasteiger partial charge < -0.3 is 9.72 Å². The van der Waals surface area contributed by atoms with Gasteiger partial charge in [-0.15, -0.1) is 0 Å². The fourth-order valence-electron chi connectivity index (χ4n) is 2.52. The van der Waals surface area contributed by atoms with E-state index in [1.54, 1.807) is 24.4 Å². The van der Waals surface area contributed by atoms with Crippen molar-refractivity contribution >= 4 is 16.9 Å². The van der Waals surface area contributed by atoms with Crippen LogP contribution < -0.4 is 5.56 Å². The number of fused-ring (bicyclic) bond motifs is 1. The van der Waals surface area contributed by atoms with Crippen molar-refractivity contribution in [2.75, 3.05) is 14.2 Å². The number of hydrogen-bond donors (Lipinski definition) is 2. The Hall–Kier alpha value is -3.00. The quantitative estimate of drug-likeness (QED) is 0.679. The minimum absolute atomic E-state index is 0.164. The summed E-state index contributed by atoms with van der Waals surface area (Å²) in [5.41, 5.74) is 1.53. The number of carbonyl (C=O) groups excluding carboxylic acids is 1. The number of para-hydroxylation sites is 1. The number of H-pyrrole nitrogens is 2. The number of hydrogen-bond acceptors (Lipinski definition) is 6. The van der Waals surface area contributed by atoms with Crippen molar-refractivity contribution in [3.8, 4) is 0 Å². The second-order valence-electron chi connectivity index (χ2n) is 5.46. The fourth-order valence-corrected chi connectivity index (χ4v) is 2.52. The Balaban J connectivity index is 1.78. The summed E-state index contributed by atoms with van der Waals surface area (Å²) in [5, 5.41) is 7.08. The second kappa shape index (κ2) is 6.63. The van der Waals surface area contributed by atoms with Gasteiger partial charge >= 0.3 is 5.97 Å². The van der Waals surface area contributed by atoms with Crippen LogP contribution in [0.1, 0.15) is 21.9 Å². The van der Waals surface area contributed by atoms with E-state index in [9.17, 15) is 9.59 Å². The molecule has 0 atom stereocenters. The van der Waals surface area contributed by atoms with Crippen molar-refractivity contribution in [3.05, 3.63) is 57.9 Å². The molecule has 0 amide bonds. The summed E-state index contributed by atoms with van der Waals surface area (Å²) in [6.45, 7) is 0.878. The molecule has 0 aliphatic heterocycles. The molecule has 0 unspecified atom stereocenters. The van der Waals surface area contributed by atoms with Crippen LogP contribution in [0.2, 0.25) is 0 Å². The zero-order chi connectivity index (χ0) is 17.1. The van der Waals surface area contributed by atoms with Gasteiger partial charge in [0.2, 0.25) is 0 Å². The van der Waals surface area contributed by atoms with Gasteiger partial charge in [-0.25, -0.2) is 9.78 Å². The smallest absolute Gasteiger partial charge is 0.356 e. The molecule has 3 aromatic rings. The van der Waals surface area contributed by atoms with Gasteiger partial charge in [0.1, 0.15) is 11.5 Å². The average molecular weight is 327 g/mol. The maximum absolute atomic E-state index is 12.1. The van der Waals surface area contributed by atoms with E-state index in [0.717, 1.165) is 0 Å². The molecule has 8 heteroatoms. The summed E-state index contributed by atoms with van der Waals surface area (Å²) >= 11 is 0. The first-order chi connectivity index (χ1) is 11.6. The molecule has 0 aliphatic rings. The summed E-state index contributed by atoms with van der Waals surface area (Å²) in [6.07, 6.45) is 1.58. The zero-order valence-electron chi connectivity index (χ0n) is 13.4. The van der Waals surface area contributed by atoms with Crippen LogP contribution >= 0.6 is 0 Å². The summed E-state index contributed by atoms with van der Waals surface area (Å²) in [4.78, 5) is 32.9. The van der Waals surface area contributed by atoms with Crippen LogP contribution in [0, 0.1) is 0 Å². The lowest BCUT2D eigenvalue weighted by molar-refractivity contribution is 0.0591. The highest BCUT2D eigenvalue weighted by atomic mass is 16.5. The van der Waals surface area contributed by atoms with Crippen molar-refractivity contribution in [3.63, 3.8) is 0 Å². The fraction of sp³-hybridized carbons (Fsp3) is 0.250. The molecule has 2 heterocycles. The van der Waals surface area contributed by atoms with E-state index in [4.69, 9.17) is 4.74 Å². The van der Waals surface area contributed by atoms with E-state index in [0.29, 0.717) is 41.1 Å². The van der Waals surface area contributed by atoms with E-state index in [-0.39, 0.29) is 5.56 Å². The van der Waals surface area contributed by atoms with Crippen LogP contribution in [0.15, 0.2) is 35.3 Å². The van der Waals surface area contributed by atoms with Crippen LogP contribution in [0.3, 0.4) is 0 Å². The Morgan fingerprint density at radius 1 is 1.29 bits per heavy atom. The van der Waals surface area contributed by atoms with Crippen molar-refractivity contribution in [2.45, 2.75) is 13.1 Å². The molecular formula is C16H17N5O3. The third-order valence-electron chi connectivity index (χ3n) is 3.63. The number of ether oxygens (including phenoxy) is 1. The lowest BCUT2D eigenvalue weighted by Crippen LogP contribution is -2.22. The van der Waals surface area contributed by atoms with Crippen molar-refractivity contribution in [1.29, 1.82) is 0 Å². The number of esters is 1. The van der Waals surface area contributed by atoms with Gasteiger partial charge in [-0.2, -0.15) is 5.10 Å². The minimum Gasteiger partial charge on any atom is -0.464 e. The number of rotatable bonds is 5. The van der Waals surface area contributed by atoms with E-state index >= 15 is 0 Å². The largest absolute Gasteiger partial charge is 0.464 e. The summed E-state index contributed by atoms with van der Waals surface area (Å²) in [7, 11) is 3.18. The molecule has 0 spiro atoms. The van der Waals surface area contributed by atoms with Crippen molar-refractivity contribution < 1.29 is 9.53 Å². The highest BCUT2D eigenvalue weighted by molar-refractivity contribution is 5.88. The van der Waals surface area contributed by atoms with Gasteiger partial charge in [-0.3, -0.25) is 14.8 Å². The Kier molecular flexibility index (Phi) is 4.39. The lowest BCUT2D eigenvalue weighted by atomic mass is 10.2. The normalized spacial score (nSPS) is 11.1. The molecule has 0 radical (unpaired) electrons. The maximum atomic E-state index is 12.1. The highest BCUT2D eigenvalue weighted by Crippen LogP contribution is 2.11. The standard InChI is InChI=1S/C16H17N5O3/c1-21(8-10-7-17-20-14(10)16(23)24-2)9-13-18-12-6-4-3-5-11(12)15(22)19-13/h3-7H,8-9H2,1-2H3,(H,17,20)(H,18,19,22). The number of aromatic amines is 2. The Labute approximate surface area is 137 Å². The number of carbonyl (C=O) groups is 1. The molecule has 8 nitrogen and oxygen atoms in total. The molecular weight excluding hydrogens is 310 g/mol. The van der Waals surface area contributed by atoms with Crippen molar-refractivity contribution in [1.82, 2.24) is 25.1 Å². The molecule has 0 saturated carbocycles. The summed E-state index contributed by atoms with van der Waals surface area (Å²) in [6, 6.07) is 7.19. The molecule has 0 bridgehead atoms. The first-order valence-electron chi connectivity index (χ1n) is 7.35. The summed E-state index contributed by atoms with van der Waals surface area (Å²) < 4.78 is 4.71. The van der Waals surface area contributed by atoms with Gasteiger partial charge in [-0.05, 0) is 19.2 Å². The minimum atomic E-state index is -0.465. The van der Waals surface area contributed by atoms with Gasteiger partial charge in [0, 0.05) is 12.1 Å². The Morgan fingerprint density at radius 2 is 2.08 bits per heavy atom. The number of nitrogens with one attached hydrogen (secondary N) is 2. The SMILES string of the molecule is COC(=O)c1[nH]ncc1CN(C)Cc1nc2ccccc2c(=O)[nH]1. The molecule has 2 aromatic heterocycles. The number of benzene rings is 1. The van der Waals surface area contributed by atoms with Gasteiger partial charge in [0.25, 0.3) is 5.56 Å². The van der Waals surface area contributed by atoms with Crippen molar-refractivity contribution in [2.24, 2.45) is 0 Å². The molecule has 0 saturated heterocycles. The third kappa shape index (κ3) is 3.18. The molecule has 124 valence electrons. The van der Waals surface area contributed by atoms with Crippen LogP contribution in [0.5, 0.6) is 0 Å². The lowest BCUT2D eigenvalue weighted by Gasteiger charge is -2.15. The topological polar surface area (TPSA) is 104 Å². The average Bonchev–Trinajstić information content (AvgIpc) is 3.02. The van der Waals surface area contributed by atoms with Gasteiger partial charge in [0.05, 0.1) is 30.8 Å². The van der Waals surface area contributed by atoms with Crippen LogP contribution in [0.4, 0.5) is 0 Å². The van der Waals surface area contributed by atoms with Crippen LogP contribution in [-0.2, 0) is 17.8 Å². The van der Waals surface area contributed by atoms with E-state index in [2.05, 4.69) is 20.2 Å². The zero-order valence-corrected chi connectivity index (χ0v) is 13.4. The summed E-state index contributed by atoms with van der Waals surface area (Å²) in [5.74, 6) is 0.0949. The maximum Gasteiger partial charge on any atom is 0.356 e. The Morgan fingerprint density at radius 3 is 2.88 bits per heavy atom. The predicted molar refractivity (Wildman–Crippen MR) is 87.5 cm³/mol. The predicted octanol–water partition coefficient (Wildman–Crippen LogP) is 1.06. The molecule has 0 aliphatic carbocycles. The van der Waals surface area contributed by atoms with Gasteiger partial charge in [0.15, 0.2) is 0 Å². The molecule has 0 fully saturated rings.